The molecule has 1 aliphatic rings. The van der Waals surface area contributed by atoms with E-state index >= 15 is 0 Å². The van der Waals surface area contributed by atoms with Gasteiger partial charge in [0.25, 0.3) is 0 Å². The van der Waals surface area contributed by atoms with Gasteiger partial charge in [-0.3, -0.25) is 4.79 Å². The summed E-state index contributed by atoms with van der Waals surface area (Å²) >= 11 is 5.84. The van der Waals surface area contributed by atoms with Crippen molar-refractivity contribution in [1.82, 2.24) is 5.48 Å². The maximum absolute atomic E-state index is 13.5. The van der Waals surface area contributed by atoms with Crippen LogP contribution in [-0.2, 0) is 20.8 Å². The zero-order valence-corrected chi connectivity index (χ0v) is 11.1. The second-order valence-corrected chi connectivity index (χ2v) is 4.72. The van der Waals surface area contributed by atoms with E-state index in [-0.39, 0.29) is 17.0 Å². The fourth-order valence-electron chi connectivity index (χ4n) is 1.83. The molecule has 1 heterocycles. The zero-order valence-electron chi connectivity index (χ0n) is 10.3. The van der Waals surface area contributed by atoms with Crippen LogP contribution in [0.1, 0.15) is 24.8 Å². The number of benzene rings is 1. The van der Waals surface area contributed by atoms with Crippen LogP contribution in [0.2, 0.25) is 5.02 Å². The third kappa shape index (κ3) is 4.16. The Labute approximate surface area is 115 Å². The fourth-order valence-corrected chi connectivity index (χ4v) is 2.06. The molecule has 0 saturated carbocycles. The number of amides is 1. The molecule has 1 aromatic carbocycles. The summed E-state index contributed by atoms with van der Waals surface area (Å²) in [7, 11) is 0. The summed E-state index contributed by atoms with van der Waals surface area (Å²) in [5, 5.41) is 0.226. The van der Waals surface area contributed by atoms with Crippen LogP contribution >= 0.6 is 11.6 Å². The van der Waals surface area contributed by atoms with E-state index in [4.69, 9.17) is 21.2 Å². The Hall–Kier alpha value is -1.17. The van der Waals surface area contributed by atoms with Gasteiger partial charge in [0.15, 0.2) is 6.29 Å². The Bertz CT molecular complexity index is 429. The predicted octanol–water partition coefficient (Wildman–Crippen LogP) is 2.60. The van der Waals surface area contributed by atoms with E-state index in [1.807, 2.05) is 0 Å². The summed E-state index contributed by atoms with van der Waals surface area (Å²) in [6.07, 6.45) is 2.14. The number of halogens is 2. The molecule has 1 aromatic rings. The second-order valence-electron chi connectivity index (χ2n) is 4.32. The second kappa shape index (κ2) is 6.84. The number of hydrogen-bond donors (Lipinski definition) is 1. The van der Waals surface area contributed by atoms with Gasteiger partial charge in [0, 0.05) is 23.6 Å². The molecule has 2 rings (SSSR count). The van der Waals surface area contributed by atoms with Gasteiger partial charge < -0.3 is 4.74 Å². The van der Waals surface area contributed by atoms with Gasteiger partial charge in [0.1, 0.15) is 5.82 Å². The highest BCUT2D eigenvalue weighted by Gasteiger charge is 2.17. The highest BCUT2D eigenvalue weighted by atomic mass is 35.5. The van der Waals surface area contributed by atoms with Gasteiger partial charge >= 0.3 is 0 Å². The van der Waals surface area contributed by atoms with Crippen LogP contribution in [0, 0.1) is 5.82 Å². The molecule has 1 atom stereocenters. The van der Waals surface area contributed by atoms with E-state index in [1.165, 1.54) is 12.1 Å². The first-order chi connectivity index (χ1) is 9.16. The third-order valence-corrected chi connectivity index (χ3v) is 3.20. The van der Waals surface area contributed by atoms with Crippen molar-refractivity contribution in [3.8, 4) is 0 Å². The molecule has 104 valence electrons. The molecule has 19 heavy (non-hydrogen) atoms. The van der Waals surface area contributed by atoms with Crippen molar-refractivity contribution in [2.75, 3.05) is 6.61 Å². The quantitative estimate of drug-likeness (QED) is 0.866. The Morgan fingerprint density at radius 3 is 3.05 bits per heavy atom. The average Bonchev–Trinajstić information content (AvgIpc) is 2.42. The van der Waals surface area contributed by atoms with Gasteiger partial charge in [-0.05, 0) is 25.0 Å². The third-order valence-electron chi connectivity index (χ3n) is 2.84. The molecular formula is C13H15ClFNO3. The molecule has 0 aliphatic carbocycles. The molecule has 1 fully saturated rings. The lowest BCUT2D eigenvalue weighted by Gasteiger charge is -2.22. The molecule has 0 bridgehead atoms. The van der Waals surface area contributed by atoms with E-state index in [1.54, 1.807) is 6.07 Å². The van der Waals surface area contributed by atoms with Crippen LogP contribution in [-0.4, -0.2) is 18.8 Å². The predicted molar refractivity (Wildman–Crippen MR) is 67.9 cm³/mol. The van der Waals surface area contributed by atoms with Gasteiger partial charge in [0.05, 0.1) is 6.42 Å². The number of carbonyl (C=O) groups excluding carboxylic acids is 1. The molecule has 0 aromatic heterocycles. The lowest BCUT2D eigenvalue weighted by Crippen LogP contribution is -2.34. The Kier molecular flexibility index (Phi) is 5.13. The topological polar surface area (TPSA) is 47.6 Å². The number of ether oxygens (including phenoxy) is 1. The van der Waals surface area contributed by atoms with Crippen molar-refractivity contribution in [3.63, 3.8) is 0 Å². The minimum Gasteiger partial charge on any atom is -0.350 e. The van der Waals surface area contributed by atoms with Gasteiger partial charge in [-0.15, -0.1) is 0 Å². The molecule has 1 aliphatic heterocycles. The average molecular weight is 288 g/mol. The summed E-state index contributed by atoms with van der Waals surface area (Å²) in [5.74, 6) is -0.960. The van der Waals surface area contributed by atoms with Gasteiger partial charge in [-0.25, -0.2) is 14.7 Å². The van der Waals surface area contributed by atoms with E-state index in [9.17, 15) is 9.18 Å². The monoisotopic (exact) mass is 287 g/mol. The minimum absolute atomic E-state index is 0.162. The van der Waals surface area contributed by atoms with Crippen molar-refractivity contribution in [3.05, 3.63) is 34.6 Å². The van der Waals surface area contributed by atoms with Gasteiger partial charge in [-0.1, -0.05) is 17.7 Å². The maximum atomic E-state index is 13.5. The molecule has 4 nitrogen and oxygen atoms in total. The van der Waals surface area contributed by atoms with E-state index in [0.29, 0.717) is 6.61 Å². The fraction of sp³-hybridized carbons (Fsp3) is 0.462. The standard InChI is InChI=1S/C13H15ClFNO3/c14-10-4-3-5-11(15)9(10)8-12(17)16-19-13-6-1-2-7-18-13/h3-5,13H,1-2,6-8H2,(H,16,17). The van der Waals surface area contributed by atoms with Crippen molar-refractivity contribution in [1.29, 1.82) is 0 Å². The van der Waals surface area contributed by atoms with Crippen LogP contribution in [0.15, 0.2) is 18.2 Å². The number of carbonyl (C=O) groups is 1. The van der Waals surface area contributed by atoms with Crippen molar-refractivity contribution < 1.29 is 18.8 Å². The molecule has 0 spiro atoms. The first kappa shape index (κ1) is 14.2. The summed E-state index contributed by atoms with van der Waals surface area (Å²) in [6, 6.07) is 4.30. The molecule has 1 amide bonds. The lowest BCUT2D eigenvalue weighted by atomic mass is 10.1. The molecule has 6 heteroatoms. The van der Waals surface area contributed by atoms with Crippen LogP contribution in [0.5, 0.6) is 0 Å². The van der Waals surface area contributed by atoms with E-state index in [2.05, 4.69) is 5.48 Å². The molecule has 1 saturated heterocycles. The number of hydrogen-bond acceptors (Lipinski definition) is 3. The molecular weight excluding hydrogens is 273 g/mol. The summed E-state index contributed by atoms with van der Waals surface area (Å²) in [5.41, 5.74) is 2.43. The molecule has 0 radical (unpaired) electrons. The summed E-state index contributed by atoms with van der Waals surface area (Å²) in [4.78, 5) is 16.8. The highest BCUT2D eigenvalue weighted by Crippen LogP contribution is 2.19. The minimum atomic E-state index is -0.503. The zero-order chi connectivity index (χ0) is 13.7. The smallest absolute Gasteiger partial charge is 0.248 e. The SMILES string of the molecule is O=C(Cc1c(F)cccc1Cl)NOC1CCCCO1. The first-order valence-corrected chi connectivity index (χ1v) is 6.53. The van der Waals surface area contributed by atoms with Gasteiger partial charge in [0.2, 0.25) is 5.91 Å². The largest absolute Gasteiger partial charge is 0.350 e. The van der Waals surface area contributed by atoms with Crippen molar-refractivity contribution in [2.24, 2.45) is 0 Å². The summed E-state index contributed by atoms with van der Waals surface area (Å²) < 4.78 is 18.8. The number of rotatable bonds is 4. The van der Waals surface area contributed by atoms with E-state index < -0.39 is 18.0 Å². The number of hydroxylamine groups is 1. The normalized spacial score (nSPS) is 19.2. The van der Waals surface area contributed by atoms with Crippen LogP contribution in [0.3, 0.4) is 0 Å². The van der Waals surface area contributed by atoms with E-state index in [0.717, 1.165) is 19.3 Å². The first-order valence-electron chi connectivity index (χ1n) is 6.16. The highest BCUT2D eigenvalue weighted by molar-refractivity contribution is 6.31. The Morgan fingerprint density at radius 2 is 2.37 bits per heavy atom. The van der Waals surface area contributed by atoms with Crippen LogP contribution in [0.4, 0.5) is 4.39 Å². The summed E-state index contributed by atoms with van der Waals surface area (Å²) in [6.45, 7) is 0.625. The maximum Gasteiger partial charge on any atom is 0.248 e. The number of nitrogens with one attached hydrogen (secondary N) is 1. The lowest BCUT2D eigenvalue weighted by molar-refractivity contribution is -0.200. The Balaban J connectivity index is 1.83. The van der Waals surface area contributed by atoms with Crippen molar-refractivity contribution >= 4 is 17.5 Å². The van der Waals surface area contributed by atoms with Crippen LogP contribution < -0.4 is 5.48 Å². The van der Waals surface area contributed by atoms with Gasteiger partial charge in [-0.2, -0.15) is 0 Å². The molecule has 1 unspecified atom stereocenters. The van der Waals surface area contributed by atoms with Crippen molar-refractivity contribution in [2.45, 2.75) is 32.0 Å². The molecule has 1 N–H and O–H groups in total. The Morgan fingerprint density at radius 1 is 1.53 bits per heavy atom. The van der Waals surface area contributed by atoms with Crippen LogP contribution in [0.25, 0.3) is 0 Å².